The number of hydrogen-bond acceptors (Lipinski definition) is 7. The SMILES string of the molecule is CC(=N)c1cc(OCc2c(F)ccc(NS(=O)(=S)c3cc(F)cnc3C)c2F)cnc1N. The van der Waals surface area contributed by atoms with Gasteiger partial charge in [0.05, 0.1) is 34.2 Å². The quantitative estimate of drug-likeness (QED) is 0.441. The third-order valence-electron chi connectivity index (χ3n) is 4.41. The summed E-state index contributed by atoms with van der Waals surface area (Å²) in [5.41, 5.74) is 5.56. The number of nitrogens with two attached hydrogens (primary N) is 1. The first-order chi connectivity index (χ1) is 15.0. The predicted molar refractivity (Wildman–Crippen MR) is 118 cm³/mol. The molecule has 168 valence electrons. The molecule has 0 fully saturated rings. The first-order valence-electron chi connectivity index (χ1n) is 9.05. The lowest BCUT2D eigenvalue weighted by Gasteiger charge is -2.16. The van der Waals surface area contributed by atoms with Gasteiger partial charge in [0.2, 0.25) is 0 Å². The van der Waals surface area contributed by atoms with Gasteiger partial charge in [-0.15, -0.1) is 0 Å². The molecule has 0 saturated heterocycles. The number of hydrogen-bond donors (Lipinski definition) is 3. The van der Waals surface area contributed by atoms with Crippen LogP contribution in [0.3, 0.4) is 0 Å². The lowest BCUT2D eigenvalue weighted by atomic mass is 10.1. The summed E-state index contributed by atoms with van der Waals surface area (Å²) in [5.74, 6) is -2.46. The molecule has 7 nitrogen and oxygen atoms in total. The highest BCUT2D eigenvalue weighted by molar-refractivity contribution is 8.33. The number of nitrogens with zero attached hydrogens (tertiary/aromatic N) is 2. The zero-order chi connectivity index (χ0) is 23.6. The fourth-order valence-electron chi connectivity index (χ4n) is 2.76. The zero-order valence-corrected chi connectivity index (χ0v) is 18.5. The van der Waals surface area contributed by atoms with E-state index in [4.69, 9.17) is 27.1 Å². The molecular formula is C20H18F3N5O2S2. The van der Waals surface area contributed by atoms with Crippen LogP contribution in [0.1, 0.15) is 23.7 Å². The molecule has 0 aliphatic carbocycles. The number of aromatic nitrogens is 2. The van der Waals surface area contributed by atoms with Crippen LogP contribution in [-0.2, 0) is 26.5 Å². The maximum Gasteiger partial charge on any atom is 0.156 e. The normalized spacial score (nSPS) is 12.8. The second-order valence-electron chi connectivity index (χ2n) is 6.75. The van der Waals surface area contributed by atoms with Crippen molar-refractivity contribution in [3.8, 4) is 5.75 Å². The molecule has 1 atom stereocenters. The molecule has 1 aromatic carbocycles. The highest BCUT2D eigenvalue weighted by atomic mass is 32.8. The number of rotatable bonds is 7. The smallest absolute Gasteiger partial charge is 0.156 e. The van der Waals surface area contributed by atoms with Gasteiger partial charge in [-0.05, 0) is 38.1 Å². The van der Waals surface area contributed by atoms with Crippen molar-refractivity contribution in [2.45, 2.75) is 25.3 Å². The van der Waals surface area contributed by atoms with Gasteiger partial charge in [0.15, 0.2) is 5.82 Å². The Kier molecular flexibility index (Phi) is 6.65. The van der Waals surface area contributed by atoms with Crippen LogP contribution in [0.25, 0.3) is 0 Å². The molecule has 3 rings (SSSR count). The number of benzene rings is 1. The van der Waals surface area contributed by atoms with Crippen LogP contribution >= 0.6 is 0 Å². The van der Waals surface area contributed by atoms with E-state index in [9.17, 15) is 13.0 Å². The molecule has 0 amide bonds. The Morgan fingerprint density at radius 2 is 1.97 bits per heavy atom. The largest absolute Gasteiger partial charge is 0.487 e. The predicted octanol–water partition coefficient (Wildman–Crippen LogP) is 3.88. The molecular weight excluding hydrogens is 463 g/mol. The van der Waals surface area contributed by atoms with Crippen molar-refractivity contribution in [1.82, 2.24) is 9.97 Å². The van der Waals surface area contributed by atoms with Crippen LogP contribution in [-0.4, -0.2) is 19.9 Å². The van der Waals surface area contributed by atoms with E-state index >= 15 is 4.39 Å². The number of ether oxygens (including phenoxy) is 1. The van der Waals surface area contributed by atoms with E-state index in [1.165, 1.54) is 26.1 Å². The lowest BCUT2D eigenvalue weighted by Crippen LogP contribution is -2.16. The summed E-state index contributed by atoms with van der Waals surface area (Å²) in [7, 11) is -3.58. The van der Waals surface area contributed by atoms with Gasteiger partial charge in [0.25, 0.3) is 0 Å². The van der Waals surface area contributed by atoms with E-state index < -0.39 is 38.3 Å². The van der Waals surface area contributed by atoms with Crippen LogP contribution in [0.5, 0.6) is 5.75 Å². The molecule has 32 heavy (non-hydrogen) atoms. The van der Waals surface area contributed by atoms with E-state index in [1.54, 1.807) is 0 Å². The fraction of sp³-hybridized carbons (Fsp3) is 0.150. The van der Waals surface area contributed by atoms with E-state index in [0.29, 0.717) is 5.56 Å². The first-order valence-corrected chi connectivity index (χ1v) is 11.5. The monoisotopic (exact) mass is 481 g/mol. The highest BCUT2D eigenvalue weighted by Gasteiger charge is 2.21. The Balaban J connectivity index is 1.88. The fourth-order valence-corrected chi connectivity index (χ4v) is 4.80. The van der Waals surface area contributed by atoms with E-state index in [2.05, 4.69) is 14.7 Å². The summed E-state index contributed by atoms with van der Waals surface area (Å²) in [4.78, 5) is 7.55. The third-order valence-corrected chi connectivity index (χ3v) is 6.68. The van der Waals surface area contributed by atoms with Crippen molar-refractivity contribution in [2.24, 2.45) is 0 Å². The molecule has 1 unspecified atom stereocenters. The zero-order valence-electron chi connectivity index (χ0n) is 16.9. The number of pyridine rings is 2. The van der Waals surface area contributed by atoms with Crippen molar-refractivity contribution in [3.05, 3.63) is 70.9 Å². The summed E-state index contributed by atoms with van der Waals surface area (Å²) >= 11 is 5.04. The van der Waals surface area contributed by atoms with Crippen molar-refractivity contribution in [2.75, 3.05) is 10.5 Å². The van der Waals surface area contributed by atoms with Crippen molar-refractivity contribution >= 4 is 37.1 Å². The standard InChI is InChI=1S/C20H18F3N5O2S2/c1-10(24)14-6-13(8-27-20(14)25)30-9-15-16(22)3-4-17(19(15)23)28-32(29,31)18-5-12(21)7-26-11(18)2/h3-8,24,28H,9H2,1-2H3,(H2,25,27). The Bertz CT molecular complexity index is 1320. The van der Waals surface area contributed by atoms with Crippen LogP contribution in [0.2, 0.25) is 0 Å². The highest BCUT2D eigenvalue weighted by Crippen LogP contribution is 2.27. The molecule has 12 heteroatoms. The molecule has 2 heterocycles. The summed E-state index contributed by atoms with van der Waals surface area (Å²) in [6.07, 6.45) is 2.20. The minimum absolute atomic E-state index is 0.114. The van der Waals surface area contributed by atoms with Crippen LogP contribution in [0, 0.1) is 29.8 Å². The molecule has 0 bridgehead atoms. The molecule has 0 saturated carbocycles. The van der Waals surface area contributed by atoms with Crippen molar-refractivity contribution in [1.29, 1.82) is 5.41 Å². The van der Waals surface area contributed by atoms with Gasteiger partial charge in [-0.25, -0.2) is 22.4 Å². The van der Waals surface area contributed by atoms with Crippen LogP contribution in [0.4, 0.5) is 24.7 Å². The van der Waals surface area contributed by atoms with Crippen molar-refractivity contribution in [3.63, 3.8) is 0 Å². The molecule has 0 spiro atoms. The Morgan fingerprint density at radius 1 is 1.25 bits per heavy atom. The number of halogens is 3. The summed E-state index contributed by atoms with van der Waals surface area (Å²) < 4.78 is 63.6. The maximum atomic E-state index is 15.0. The number of anilines is 2. The minimum Gasteiger partial charge on any atom is -0.487 e. The number of nitrogens with one attached hydrogen (secondary N) is 2. The van der Waals surface area contributed by atoms with Gasteiger partial charge in [-0.3, -0.25) is 9.71 Å². The van der Waals surface area contributed by atoms with E-state index in [1.807, 2.05) is 0 Å². The molecule has 4 N–H and O–H groups in total. The second-order valence-corrected chi connectivity index (χ2v) is 9.81. The summed E-state index contributed by atoms with van der Waals surface area (Å²) in [5, 5.41) is 7.68. The average molecular weight is 482 g/mol. The second kappa shape index (κ2) is 9.09. The Hall–Kier alpha value is -3.25. The number of nitrogen functional groups attached to an aromatic ring is 1. The maximum absolute atomic E-state index is 15.0. The molecule has 2 aromatic heterocycles. The van der Waals surface area contributed by atoms with Gasteiger partial charge >= 0.3 is 0 Å². The minimum atomic E-state index is -3.58. The topological polar surface area (TPSA) is 114 Å². The van der Waals surface area contributed by atoms with Gasteiger partial charge in [-0.2, -0.15) is 0 Å². The lowest BCUT2D eigenvalue weighted by molar-refractivity contribution is 0.292. The van der Waals surface area contributed by atoms with Crippen molar-refractivity contribution < 1.29 is 22.1 Å². The molecule has 0 aliphatic heterocycles. The Morgan fingerprint density at radius 3 is 2.66 bits per heavy atom. The van der Waals surface area contributed by atoms with Gasteiger partial charge in [0.1, 0.15) is 38.5 Å². The molecule has 0 radical (unpaired) electrons. The third kappa shape index (κ3) is 4.97. The number of aryl methyl sites for hydroxylation is 1. The average Bonchev–Trinajstić information content (AvgIpc) is 2.72. The van der Waals surface area contributed by atoms with Crippen LogP contribution in [0.15, 0.2) is 41.6 Å². The van der Waals surface area contributed by atoms with E-state index in [0.717, 1.165) is 24.4 Å². The molecule has 3 aromatic rings. The van der Waals surface area contributed by atoms with Gasteiger partial charge < -0.3 is 15.9 Å². The molecule has 0 aliphatic rings. The Labute approximate surface area is 187 Å². The van der Waals surface area contributed by atoms with Gasteiger partial charge in [-0.1, -0.05) is 0 Å². The van der Waals surface area contributed by atoms with Crippen LogP contribution < -0.4 is 15.2 Å². The van der Waals surface area contributed by atoms with Gasteiger partial charge in [0, 0.05) is 22.5 Å². The summed E-state index contributed by atoms with van der Waals surface area (Å²) in [6, 6.07) is 4.37. The summed E-state index contributed by atoms with van der Waals surface area (Å²) in [6.45, 7) is 2.45. The first kappa shape index (κ1) is 23.4. The van der Waals surface area contributed by atoms with E-state index in [-0.39, 0.29) is 33.6 Å².